The van der Waals surface area contributed by atoms with Crippen LogP contribution in [0.1, 0.15) is 49.8 Å². The molecule has 2 saturated heterocycles. The predicted molar refractivity (Wildman–Crippen MR) is 146 cm³/mol. The van der Waals surface area contributed by atoms with Gasteiger partial charge in [-0.3, -0.25) is 19.1 Å². The fourth-order valence-electron chi connectivity index (χ4n) is 4.48. The summed E-state index contributed by atoms with van der Waals surface area (Å²) in [7, 11) is 1.63. The van der Waals surface area contributed by atoms with E-state index >= 15 is 0 Å². The van der Waals surface area contributed by atoms with Crippen LogP contribution in [0.25, 0.3) is 6.08 Å². The molecule has 2 aliphatic heterocycles. The van der Waals surface area contributed by atoms with Crippen molar-refractivity contribution in [2.45, 2.75) is 46.6 Å². The van der Waals surface area contributed by atoms with E-state index in [1.54, 1.807) is 23.5 Å². The first kappa shape index (κ1) is 27.4. The summed E-state index contributed by atoms with van der Waals surface area (Å²) in [5.41, 5.74) is 1.26. The topological polar surface area (TPSA) is 81.8 Å². The number of methoxy groups -OCH3 is 1. The molecular formula is C25H35N5O3S2. The largest absolute Gasteiger partial charge is 0.385 e. The Morgan fingerprint density at radius 3 is 2.46 bits per heavy atom. The van der Waals surface area contributed by atoms with E-state index in [1.807, 2.05) is 6.08 Å². The fourth-order valence-corrected chi connectivity index (χ4v) is 5.77. The molecule has 1 amide bonds. The molecule has 0 spiro atoms. The second-order valence-corrected chi connectivity index (χ2v) is 10.4. The fraction of sp³-hybridized carbons (Fsp3) is 0.600. The van der Waals surface area contributed by atoms with Crippen LogP contribution in [0.15, 0.2) is 9.70 Å². The minimum Gasteiger partial charge on any atom is -0.385 e. The molecule has 0 saturated carbocycles. The third kappa shape index (κ3) is 5.97. The molecule has 0 N–H and O–H groups in total. The smallest absolute Gasteiger partial charge is 0.270 e. The maximum Gasteiger partial charge on any atom is 0.270 e. The summed E-state index contributed by atoms with van der Waals surface area (Å²) in [4.78, 5) is 33.4. The average Bonchev–Trinajstić information content (AvgIpc) is 3.12. The van der Waals surface area contributed by atoms with Crippen molar-refractivity contribution in [3.8, 4) is 6.07 Å². The number of amides is 1. The average molecular weight is 518 g/mol. The number of thiocarbonyl (C=S) groups is 1. The first-order chi connectivity index (χ1) is 16.9. The molecule has 35 heavy (non-hydrogen) atoms. The lowest BCUT2D eigenvalue weighted by Gasteiger charge is -2.37. The number of piperazine rings is 1. The third-order valence-corrected chi connectivity index (χ3v) is 7.96. The summed E-state index contributed by atoms with van der Waals surface area (Å²) in [5, 5.41) is 9.84. The Balaban J connectivity index is 2.12. The molecule has 0 bridgehead atoms. The molecule has 10 heteroatoms. The number of nitriles is 1. The highest BCUT2D eigenvalue weighted by Gasteiger charge is 2.33. The molecule has 1 aromatic heterocycles. The normalized spacial score (nSPS) is 18.1. The minimum absolute atomic E-state index is 0.137. The number of rotatable bonds is 10. The van der Waals surface area contributed by atoms with Crippen molar-refractivity contribution >= 4 is 46.1 Å². The summed E-state index contributed by atoms with van der Waals surface area (Å²) >= 11 is 6.77. The number of unbranched alkanes of at least 4 members (excludes halogenated alkanes) is 1. The minimum atomic E-state index is -0.254. The summed E-state index contributed by atoms with van der Waals surface area (Å²) in [5.74, 6) is 0.669. The van der Waals surface area contributed by atoms with Crippen LogP contribution in [0, 0.1) is 18.3 Å². The summed E-state index contributed by atoms with van der Waals surface area (Å²) in [6.45, 7) is 12.0. The second-order valence-electron chi connectivity index (χ2n) is 8.76. The van der Waals surface area contributed by atoms with Gasteiger partial charge in [-0.25, -0.2) is 0 Å². The zero-order valence-corrected chi connectivity index (χ0v) is 22.8. The van der Waals surface area contributed by atoms with Crippen molar-refractivity contribution in [3.05, 3.63) is 31.9 Å². The van der Waals surface area contributed by atoms with Gasteiger partial charge in [-0.2, -0.15) is 5.26 Å². The zero-order valence-electron chi connectivity index (χ0n) is 21.1. The molecule has 2 fully saturated rings. The van der Waals surface area contributed by atoms with E-state index in [-0.39, 0.29) is 17.0 Å². The quantitative estimate of drug-likeness (QED) is 0.266. The number of carbonyl (C=O) groups excluding carboxylic acids is 1. The Hall–Kier alpha value is -2.19. The molecule has 3 rings (SSSR count). The van der Waals surface area contributed by atoms with Crippen molar-refractivity contribution in [2.75, 3.05) is 57.9 Å². The molecule has 0 radical (unpaired) electrons. The van der Waals surface area contributed by atoms with Crippen molar-refractivity contribution in [1.82, 2.24) is 14.4 Å². The second kappa shape index (κ2) is 12.7. The molecule has 190 valence electrons. The van der Waals surface area contributed by atoms with Crippen LogP contribution in [-0.4, -0.2) is 77.6 Å². The van der Waals surface area contributed by atoms with Crippen molar-refractivity contribution in [2.24, 2.45) is 0 Å². The van der Waals surface area contributed by atoms with Gasteiger partial charge < -0.3 is 14.5 Å². The number of likely N-dealkylation sites (N-methyl/N-ethyl adjacent to an activating group) is 1. The van der Waals surface area contributed by atoms with Gasteiger partial charge in [0.1, 0.15) is 21.8 Å². The lowest BCUT2D eigenvalue weighted by Crippen LogP contribution is -2.48. The lowest BCUT2D eigenvalue weighted by atomic mass is 10.0. The molecule has 1 aromatic rings. The van der Waals surface area contributed by atoms with E-state index in [0.717, 1.165) is 56.9 Å². The van der Waals surface area contributed by atoms with Gasteiger partial charge >= 0.3 is 0 Å². The zero-order chi connectivity index (χ0) is 25.5. The number of hydrogen-bond donors (Lipinski definition) is 0. The van der Waals surface area contributed by atoms with Crippen LogP contribution < -0.4 is 10.5 Å². The van der Waals surface area contributed by atoms with Gasteiger partial charge in [-0.1, -0.05) is 44.2 Å². The molecule has 0 atom stereocenters. The molecule has 3 heterocycles. The number of nitrogens with zero attached hydrogens (tertiary/aromatic N) is 5. The van der Waals surface area contributed by atoms with Gasteiger partial charge in [0.25, 0.3) is 11.5 Å². The molecule has 8 nitrogen and oxygen atoms in total. The predicted octanol–water partition coefficient (Wildman–Crippen LogP) is 3.21. The Kier molecular flexibility index (Phi) is 9.92. The highest BCUT2D eigenvalue weighted by Crippen LogP contribution is 2.36. The van der Waals surface area contributed by atoms with Gasteiger partial charge in [0.15, 0.2) is 0 Å². The highest BCUT2D eigenvalue weighted by molar-refractivity contribution is 8.26. The van der Waals surface area contributed by atoms with Crippen LogP contribution >= 0.6 is 24.0 Å². The Bertz CT molecular complexity index is 1080. The highest BCUT2D eigenvalue weighted by atomic mass is 32.2. The van der Waals surface area contributed by atoms with Crippen LogP contribution in [0.5, 0.6) is 0 Å². The van der Waals surface area contributed by atoms with Crippen LogP contribution in [0.4, 0.5) is 5.82 Å². The van der Waals surface area contributed by atoms with E-state index in [2.05, 4.69) is 29.7 Å². The van der Waals surface area contributed by atoms with Crippen molar-refractivity contribution in [3.63, 3.8) is 0 Å². The molecule has 0 aliphatic carbocycles. The van der Waals surface area contributed by atoms with E-state index in [0.29, 0.717) is 40.9 Å². The molecule has 0 unspecified atom stereocenters. The third-order valence-electron chi connectivity index (χ3n) is 6.58. The van der Waals surface area contributed by atoms with Gasteiger partial charge in [-0.15, -0.1) is 0 Å². The van der Waals surface area contributed by atoms with Crippen LogP contribution in [0.2, 0.25) is 0 Å². The molecular weight excluding hydrogens is 482 g/mol. The first-order valence-electron chi connectivity index (χ1n) is 12.3. The monoisotopic (exact) mass is 517 g/mol. The Labute approximate surface area is 217 Å². The van der Waals surface area contributed by atoms with Crippen LogP contribution in [-0.2, 0) is 16.1 Å². The Morgan fingerprint density at radius 2 is 1.86 bits per heavy atom. The van der Waals surface area contributed by atoms with E-state index in [4.69, 9.17) is 17.0 Å². The van der Waals surface area contributed by atoms with Gasteiger partial charge in [0, 0.05) is 58.5 Å². The molecule has 0 aromatic carbocycles. The maximum absolute atomic E-state index is 13.4. The number of pyridine rings is 1. The van der Waals surface area contributed by atoms with E-state index < -0.39 is 0 Å². The SMILES string of the molecule is CCCCn1c(N2CCN(CC)CC2)c(/C=C2\SC(=S)N(CCCOC)C2=O)c(C)c(C#N)c1=O. The first-order valence-corrected chi connectivity index (χ1v) is 13.5. The van der Waals surface area contributed by atoms with Crippen LogP contribution in [0.3, 0.4) is 0 Å². The van der Waals surface area contributed by atoms with E-state index in [1.165, 1.54) is 11.8 Å². The number of hydrogen-bond acceptors (Lipinski definition) is 8. The number of thioether (sulfide) groups is 1. The summed E-state index contributed by atoms with van der Waals surface area (Å²) in [6.07, 6.45) is 4.30. The Morgan fingerprint density at radius 1 is 1.14 bits per heavy atom. The summed E-state index contributed by atoms with van der Waals surface area (Å²) in [6, 6.07) is 2.12. The number of carbonyl (C=O) groups is 1. The lowest BCUT2D eigenvalue weighted by molar-refractivity contribution is -0.122. The van der Waals surface area contributed by atoms with Crippen molar-refractivity contribution in [1.29, 1.82) is 5.26 Å². The molecule has 2 aliphatic rings. The maximum atomic E-state index is 13.4. The van der Waals surface area contributed by atoms with Gasteiger partial charge in [0.2, 0.25) is 0 Å². The standard InChI is InChI=1S/C25H35N5O3S2/c1-5-7-9-29-22(28-13-11-27(6-2)12-14-28)19(18(3)20(17-26)23(29)31)16-21-24(32)30(25(34)35-21)10-8-15-33-4/h16H,5-15H2,1-4H3/b21-16-. The number of ether oxygens (including phenoxy) is 1. The number of anilines is 1. The van der Waals surface area contributed by atoms with Gasteiger partial charge in [-0.05, 0) is 37.9 Å². The van der Waals surface area contributed by atoms with E-state index in [9.17, 15) is 14.9 Å². The van der Waals surface area contributed by atoms with Crippen molar-refractivity contribution < 1.29 is 9.53 Å². The number of aromatic nitrogens is 1. The van der Waals surface area contributed by atoms with Gasteiger partial charge in [0.05, 0.1) is 4.91 Å². The summed E-state index contributed by atoms with van der Waals surface area (Å²) < 4.78 is 7.39.